The molecule has 0 saturated carbocycles. The molecule has 7 nitrogen and oxygen atoms in total. The second-order valence-corrected chi connectivity index (χ2v) is 8.86. The average Bonchev–Trinajstić information content (AvgIpc) is 3.14. The molecule has 1 aromatic heterocycles. The zero-order valence-corrected chi connectivity index (χ0v) is 17.7. The SMILES string of the molecule is COc1nc2c(c(N3CC4CCC(C3)N4)n1)CCN(c1cc(O)cc3ccccc13)C2. The third-order valence-corrected chi connectivity index (χ3v) is 6.89. The molecule has 3 aromatic rings. The van der Waals surface area contributed by atoms with Crippen LogP contribution in [0.2, 0.25) is 0 Å². The topological polar surface area (TPSA) is 73.8 Å². The Hall–Kier alpha value is -3.06. The third-order valence-electron chi connectivity index (χ3n) is 6.89. The van der Waals surface area contributed by atoms with Crippen LogP contribution < -0.4 is 19.9 Å². The minimum atomic E-state index is 0.289. The molecule has 2 unspecified atom stereocenters. The number of fused-ring (bicyclic) bond motifs is 4. The van der Waals surface area contributed by atoms with Gasteiger partial charge in [0.05, 0.1) is 19.3 Å². The Morgan fingerprint density at radius 2 is 1.87 bits per heavy atom. The van der Waals surface area contributed by atoms with Gasteiger partial charge in [0.25, 0.3) is 0 Å². The van der Waals surface area contributed by atoms with Gasteiger partial charge in [0, 0.05) is 54.4 Å². The van der Waals surface area contributed by atoms with Crippen molar-refractivity contribution in [2.75, 3.05) is 36.5 Å². The maximum Gasteiger partial charge on any atom is 0.318 e. The lowest BCUT2D eigenvalue weighted by molar-refractivity contribution is 0.374. The molecule has 0 aliphatic carbocycles. The molecule has 6 rings (SSSR count). The van der Waals surface area contributed by atoms with Gasteiger partial charge in [-0.2, -0.15) is 9.97 Å². The van der Waals surface area contributed by atoms with E-state index in [1.807, 2.05) is 30.3 Å². The monoisotopic (exact) mass is 417 g/mol. The highest BCUT2D eigenvalue weighted by atomic mass is 16.5. The zero-order valence-electron chi connectivity index (χ0n) is 17.7. The lowest BCUT2D eigenvalue weighted by Crippen LogP contribution is -2.52. The second kappa shape index (κ2) is 7.27. The number of aromatic nitrogens is 2. The normalized spacial score (nSPS) is 22.6. The van der Waals surface area contributed by atoms with Gasteiger partial charge in [-0.1, -0.05) is 24.3 Å². The van der Waals surface area contributed by atoms with E-state index in [0.717, 1.165) is 54.0 Å². The van der Waals surface area contributed by atoms with Gasteiger partial charge in [0.1, 0.15) is 11.6 Å². The van der Waals surface area contributed by atoms with Crippen LogP contribution in [0.3, 0.4) is 0 Å². The quantitative estimate of drug-likeness (QED) is 0.679. The van der Waals surface area contributed by atoms with E-state index in [1.54, 1.807) is 7.11 Å². The first kappa shape index (κ1) is 18.7. The van der Waals surface area contributed by atoms with Crippen molar-refractivity contribution in [3.63, 3.8) is 0 Å². The Morgan fingerprint density at radius 1 is 1.06 bits per heavy atom. The summed E-state index contributed by atoms with van der Waals surface area (Å²) in [6, 6.07) is 13.4. The summed E-state index contributed by atoms with van der Waals surface area (Å²) in [7, 11) is 1.64. The number of nitrogens with zero attached hydrogens (tertiary/aromatic N) is 4. The third kappa shape index (κ3) is 3.24. The van der Waals surface area contributed by atoms with Gasteiger partial charge in [-0.05, 0) is 30.7 Å². The van der Waals surface area contributed by atoms with Gasteiger partial charge in [0.2, 0.25) is 0 Å². The van der Waals surface area contributed by atoms with Gasteiger partial charge < -0.3 is 25.0 Å². The number of piperazine rings is 1. The number of ether oxygens (including phenoxy) is 1. The summed E-state index contributed by atoms with van der Waals surface area (Å²) in [6.45, 7) is 3.52. The Morgan fingerprint density at radius 3 is 2.68 bits per heavy atom. The van der Waals surface area contributed by atoms with Crippen molar-refractivity contribution < 1.29 is 9.84 Å². The lowest BCUT2D eigenvalue weighted by atomic mass is 10.0. The van der Waals surface area contributed by atoms with Gasteiger partial charge in [-0.25, -0.2) is 0 Å². The number of anilines is 2. The van der Waals surface area contributed by atoms with E-state index in [9.17, 15) is 5.11 Å². The van der Waals surface area contributed by atoms with E-state index >= 15 is 0 Å². The Labute approximate surface area is 181 Å². The maximum atomic E-state index is 10.3. The van der Waals surface area contributed by atoms with Gasteiger partial charge in [0.15, 0.2) is 0 Å². The number of phenolic OH excluding ortho intramolecular Hbond substituents is 1. The molecule has 4 heterocycles. The number of hydrogen-bond acceptors (Lipinski definition) is 7. The van der Waals surface area contributed by atoms with Crippen molar-refractivity contribution in [2.45, 2.75) is 37.9 Å². The molecule has 2 aromatic carbocycles. The van der Waals surface area contributed by atoms with Crippen molar-refractivity contribution in [3.8, 4) is 11.8 Å². The van der Waals surface area contributed by atoms with E-state index in [1.165, 1.54) is 18.4 Å². The zero-order chi connectivity index (χ0) is 20.9. The van der Waals surface area contributed by atoms with Crippen LogP contribution >= 0.6 is 0 Å². The number of hydrogen-bond donors (Lipinski definition) is 2. The van der Waals surface area contributed by atoms with E-state index in [-0.39, 0.29) is 5.75 Å². The summed E-state index contributed by atoms with van der Waals surface area (Å²) in [5.74, 6) is 1.33. The molecular formula is C24H27N5O2. The highest BCUT2D eigenvalue weighted by molar-refractivity contribution is 5.95. The summed E-state index contributed by atoms with van der Waals surface area (Å²) in [6.07, 6.45) is 3.35. The molecule has 2 saturated heterocycles. The molecule has 2 fully saturated rings. The van der Waals surface area contributed by atoms with E-state index in [4.69, 9.17) is 14.7 Å². The van der Waals surface area contributed by atoms with Crippen LogP contribution in [0.5, 0.6) is 11.8 Å². The fourth-order valence-electron chi connectivity index (χ4n) is 5.45. The predicted molar refractivity (Wildman–Crippen MR) is 121 cm³/mol. The molecule has 31 heavy (non-hydrogen) atoms. The minimum absolute atomic E-state index is 0.289. The minimum Gasteiger partial charge on any atom is -0.508 e. The van der Waals surface area contributed by atoms with Crippen LogP contribution in [-0.2, 0) is 13.0 Å². The highest BCUT2D eigenvalue weighted by Crippen LogP contribution is 2.37. The summed E-state index contributed by atoms with van der Waals surface area (Å²) in [5.41, 5.74) is 3.30. The molecule has 0 amide bonds. The van der Waals surface area contributed by atoms with Crippen molar-refractivity contribution in [2.24, 2.45) is 0 Å². The molecule has 2 atom stereocenters. The van der Waals surface area contributed by atoms with Gasteiger partial charge in [-0.15, -0.1) is 0 Å². The predicted octanol–water partition coefficient (Wildman–Crippen LogP) is 2.85. The summed E-state index contributed by atoms with van der Waals surface area (Å²) in [5, 5.41) is 16.2. The van der Waals surface area contributed by atoms with Crippen LogP contribution in [0.25, 0.3) is 10.8 Å². The van der Waals surface area contributed by atoms with Crippen LogP contribution in [0, 0.1) is 0 Å². The van der Waals surface area contributed by atoms with Gasteiger partial charge >= 0.3 is 6.01 Å². The standard InChI is InChI=1S/C24H27N5O2/c1-31-24-26-21-14-28(22-11-18(30)10-15-4-2-3-5-19(15)22)9-8-20(21)23(27-24)29-12-16-6-7-17(13-29)25-16/h2-5,10-11,16-17,25,30H,6-9,12-14H2,1H3. The second-order valence-electron chi connectivity index (χ2n) is 8.86. The number of methoxy groups -OCH3 is 1. The van der Waals surface area contributed by atoms with Crippen LogP contribution in [-0.4, -0.2) is 53.9 Å². The van der Waals surface area contributed by atoms with Crippen molar-refractivity contribution >= 4 is 22.3 Å². The fraction of sp³-hybridized carbons (Fsp3) is 0.417. The number of nitrogens with one attached hydrogen (secondary N) is 1. The molecule has 3 aliphatic rings. The van der Waals surface area contributed by atoms with Crippen molar-refractivity contribution in [1.82, 2.24) is 15.3 Å². The largest absolute Gasteiger partial charge is 0.508 e. The van der Waals surface area contributed by atoms with Crippen LogP contribution in [0.4, 0.5) is 11.5 Å². The number of aromatic hydroxyl groups is 1. The van der Waals surface area contributed by atoms with Crippen molar-refractivity contribution in [1.29, 1.82) is 0 Å². The van der Waals surface area contributed by atoms with E-state index in [0.29, 0.717) is 24.6 Å². The first-order chi connectivity index (χ1) is 15.2. The van der Waals surface area contributed by atoms with E-state index < -0.39 is 0 Å². The molecule has 3 aliphatic heterocycles. The number of rotatable bonds is 3. The summed E-state index contributed by atoms with van der Waals surface area (Å²) >= 11 is 0. The summed E-state index contributed by atoms with van der Waals surface area (Å²) in [4.78, 5) is 14.3. The highest BCUT2D eigenvalue weighted by Gasteiger charge is 2.35. The first-order valence-corrected chi connectivity index (χ1v) is 11.1. The Bertz CT molecular complexity index is 1140. The molecule has 0 radical (unpaired) electrons. The molecule has 2 bridgehead atoms. The lowest BCUT2D eigenvalue weighted by Gasteiger charge is -2.37. The Kier molecular flexibility index (Phi) is 4.38. The Balaban J connectivity index is 1.38. The van der Waals surface area contributed by atoms with E-state index in [2.05, 4.69) is 21.2 Å². The first-order valence-electron chi connectivity index (χ1n) is 11.1. The van der Waals surface area contributed by atoms with Gasteiger partial charge in [-0.3, -0.25) is 0 Å². The molecule has 0 spiro atoms. The molecule has 160 valence electrons. The fourth-order valence-corrected chi connectivity index (χ4v) is 5.45. The summed E-state index contributed by atoms with van der Waals surface area (Å²) < 4.78 is 5.49. The number of benzene rings is 2. The smallest absolute Gasteiger partial charge is 0.318 e. The maximum absolute atomic E-state index is 10.3. The average molecular weight is 418 g/mol. The van der Waals surface area contributed by atoms with Crippen LogP contribution in [0.15, 0.2) is 36.4 Å². The van der Waals surface area contributed by atoms with Crippen molar-refractivity contribution in [3.05, 3.63) is 47.7 Å². The number of phenols is 1. The van der Waals surface area contributed by atoms with Crippen LogP contribution in [0.1, 0.15) is 24.1 Å². The molecule has 7 heteroatoms. The molecule has 2 N–H and O–H groups in total. The molecular weight excluding hydrogens is 390 g/mol.